The van der Waals surface area contributed by atoms with Crippen LogP contribution in [0, 0.1) is 13.8 Å². The molecule has 1 aromatic heterocycles. The highest BCUT2D eigenvalue weighted by molar-refractivity contribution is 14.0. The van der Waals surface area contributed by atoms with Crippen LogP contribution in [0.15, 0.2) is 17.1 Å². The monoisotopic (exact) mass is 506 g/mol. The van der Waals surface area contributed by atoms with Crippen molar-refractivity contribution in [2.24, 2.45) is 4.99 Å². The van der Waals surface area contributed by atoms with Crippen LogP contribution >= 0.6 is 35.3 Å². The van der Waals surface area contributed by atoms with E-state index in [1.807, 2.05) is 19.1 Å². The number of guanidine groups is 1. The Bertz CT molecular complexity index is 761. The third kappa shape index (κ3) is 6.13. The number of aromatic nitrogens is 1. The van der Waals surface area contributed by atoms with Crippen molar-refractivity contribution in [3.05, 3.63) is 33.3 Å². The number of benzene rings is 1. The maximum Gasteiger partial charge on any atom is 0.191 e. The van der Waals surface area contributed by atoms with Gasteiger partial charge >= 0.3 is 0 Å². The number of rotatable bonds is 7. The first kappa shape index (κ1) is 23.3. The van der Waals surface area contributed by atoms with E-state index in [-0.39, 0.29) is 24.0 Å². The van der Waals surface area contributed by atoms with Gasteiger partial charge in [0.25, 0.3) is 0 Å². The molecule has 0 aliphatic carbocycles. The van der Waals surface area contributed by atoms with Crippen LogP contribution in [0.25, 0.3) is 0 Å². The van der Waals surface area contributed by atoms with Crippen LogP contribution in [0.4, 0.5) is 0 Å². The molecule has 2 rings (SSSR count). The first-order chi connectivity index (χ1) is 12.5. The molecule has 2 aromatic rings. The lowest BCUT2D eigenvalue weighted by atomic mass is 10.1. The number of hydrogen-bond acceptors (Lipinski definition) is 6. The van der Waals surface area contributed by atoms with Gasteiger partial charge in [-0.3, -0.25) is 4.99 Å². The molecule has 0 bridgehead atoms. The smallest absolute Gasteiger partial charge is 0.191 e. The molecule has 2 N–H and O–H groups in total. The topological polar surface area (TPSA) is 77.0 Å². The zero-order chi connectivity index (χ0) is 19.1. The van der Waals surface area contributed by atoms with Crippen molar-refractivity contribution in [1.29, 1.82) is 0 Å². The van der Waals surface area contributed by atoms with Crippen LogP contribution < -0.4 is 24.8 Å². The molecule has 0 aliphatic heterocycles. The maximum absolute atomic E-state index is 5.45. The van der Waals surface area contributed by atoms with Crippen molar-refractivity contribution >= 4 is 41.3 Å². The quantitative estimate of drug-likeness (QED) is 0.341. The molecule has 1 heterocycles. The normalized spacial score (nSPS) is 10.8. The van der Waals surface area contributed by atoms with Crippen molar-refractivity contribution in [2.45, 2.75) is 26.9 Å². The largest absolute Gasteiger partial charge is 0.496 e. The van der Waals surface area contributed by atoms with Gasteiger partial charge in [0.05, 0.1) is 33.6 Å². The summed E-state index contributed by atoms with van der Waals surface area (Å²) < 4.78 is 16.1. The minimum atomic E-state index is 0. The second-order valence-corrected chi connectivity index (χ2v) is 6.84. The lowest BCUT2D eigenvalue weighted by Crippen LogP contribution is -2.36. The highest BCUT2D eigenvalue weighted by atomic mass is 127. The minimum Gasteiger partial charge on any atom is -0.496 e. The summed E-state index contributed by atoms with van der Waals surface area (Å²) in [5, 5.41) is 7.59. The van der Waals surface area contributed by atoms with Gasteiger partial charge in [-0.05, 0) is 19.9 Å². The van der Waals surface area contributed by atoms with Crippen molar-refractivity contribution in [3.8, 4) is 17.2 Å². The lowest BCUT2D eigenvalue weighted by Gasteiger charge is -2.16. The highest BCUT2D eigenvalue weighted by Crippen LogP contribution is 2.34. The van der Waals surface area contributed by atoms with Gasteiger partial charge in [0, 0.05) is 30.1 Å². The third-order valence-electron chi connectivity index (χ3n) is 3.94. The second kappa shape index (κ2) is 11.2. The van der Waals surface area contributed by atoms with Crippen LogP contribution in [0.1, 0.15) is 21.1 Å². The number of nitrogens with zero attached hydrogens (tertiary/aromatic N) is 2. The van der Waals surface area contributed by atoms with E-state index in [2.05, 4.69) is 27.5 Å². The van der Waals surface area contributed by atoms with E-state index in [0.29, 0.717) is 30.5 Å². The van der Waals surface area contributed by atoms with Gasteiger partial charge in [-0.15, -0.1) is 35.3 Å². The Morgan fingerprint density at radius 1 is 1.00 bits per heavy atom. The van der Waals surface area contributed by atoms with Crippen molar-refractivity contribution in [1.82, 2.24) is 15.6 Å². The van der Waals surface area contributed by atoms with Crippen LogP contribution in [0.5, 0.6) is 17.2 Å². The third-order valence-corrected chi connectivity index (χ3v) is 5.01. The summed E-state index contributed by atoms with van der Waals surface area (Å²) >= 11 is 1.69. The fourth-order valence-electron chi connectivity index (χ4n) is 2.40. The number of hydrogen-bond donors (Lipinski definition) is 2. The molecule has 0 amide bonds. The lowest BCUT2D eigenvalue weighted by molar-refractivity contribution is 0.347. The molecular weight excluding hydrogens is 479 g/mol. The van der Waals surface area contributed by atoms with Gasteiger partial charge in [0.1, 0.15) is 10.8 Å². The van der Waals surface area contributed by atoms with Gasteiger partial charge in [-0.2, -0.15) is 0 Å². The molecule has 1 aromatic carbocycles. The Kier molecular flexibility index (Phi) is 9.64. The summed E-state index contributed by atoms with van der Waals surface area (Å²) in [5.74, 6) is 2.69. The van der Waals surface area contributed by atoms with Crippen molar-refractivity contribution in [2.75, 3.05) is 28.4 Å². The van der Waals surface area contributed by atoms with Gasteiger partial charge in [-0.1, -0.05) is 0 Å². The molecule has 0 aliphatic rings. The Morgan fingerprint density at radius 3 is 2.11 bits per heavy atom. The van der Waals surface area contributed by atoms with Gasteiger partial charge in [0.15, 0.2) is 17.5 Å². The molecule has 0 saturated carbocycles. The first-order valence-corrected chi connectivity index (χ1v) is 9.00. The molecule has 7 nitrogen and oxygen atoms in total. The molecule has 0 spiro atoms. The number of ether oxygens (including phenoxy) is 3. The first-order valence-electron chi connectivity index (χ1n) is 8.18. The average molecular weight is 506 g/mol. The van der Waals surface area contributed by atoms with Crippen molar-refractivity contribution < 1.29 is 14.2 Å². The number of aliphatic imine (C=N–C) groups is 1. The molecule has 0 fully saturated rings. The summed E-state index contributed by atoms with van der Waals surface area (Å²) in [6.45, 7) is 5.25. The molecule has 0 unspecified atom stereocenters. The van der Waals surface area contributed by atoms with Crippen LogP contribution in [-0.4, -0.2) is 39.3 Å². The van der Waals surface area contributed by atoms with E-state index in [1.165, 1.54) is 4.88 Å². The molecule has 27 heavy (non-hydrogen) atoms. The summed E-state index contributed by atoms with van der Waals surface area (Å²) in [7, 11) is 6.58. The summed E-state index contributed by atoms with van der Waals surface area (Å²) in [6, 6.07) is 3.71. The maximum atomic E-state index is 5.45. The van der Waals surface area contributed by atoms with Gasteiger partial charge in [-0.25, -0.2) is 4.98 Å². The van der Waals surface area contributed by atoms with E-state index in [9.17, 15) is 0 Å². The average Bonchev–Trinajstić information content (AvgIpc) is 2.98. The van der Waals surface area contributed by atoms with Crippen LogP contribution in [0.2, 0.25) is 0 Å². The van der Waals surface area contributed by atoms with E-state index < -0.39 is 0 Å². The second-order valence-electron chi connectivity index (χ2n) is 5.55. The molecule has 0 saturated heterocycles. The highest BCUT2D eigenvalue weighted by Gasteiger charge is 2.12. The Morgan fingerprint density at radius 2 is 1.59 bits per heavy atom. The minimum absolute atomic E-state index is 0. The van der Waals surface area contributed by atoms with E-state index in [1.54, 1.807) is 39.7 Å². The summed E-state index contributed by atoms with van der Waals surface area (Å²) in [6.07, 6.45) is 0. The predicted molar refractivity (Wildman–Crippen MR) is 120 cm³/mol. The SMILES string of the molecule is CN=C(NCc1nc(C)c(C)s1)NCc1cc(OC)c(OC)cc1OC.I. The number of thiazole rings is 1. The Hall–Kier alpha value is -1.75. The van der Waals surface area contributed by atoms with E-state index in [0.717, 1.165) is 22.0 Å². The standard InChI is InChI=1S/C18H26N4O3S.HI/c1-11-12(2)26-17(22-11)10-21-18(19-3)20-9-13-7-15(24-5)16(25-6)8-14(13)23-4;/h7-8H,9-10H2,1-6H3,(H2,19,20,21);1H. The fraction of sp³-hybridized carbons (Fsp3) is 0.444. The van der Waals surface area contributed by atoms with Crippen molar-refractivity contribution in [3.63, 3.8) is 0 Å². The summed E-state index contributed by atoms with van der Waals surface area (Å²) in [4.78, 5) is 10.0. The molecule has 0 radical (unpaired) electrons. The number of aryl methyl sites for hydroxylation is 2. The zero-order valence-corrected chi connectivity index (χ0v) is 19.7. The number of halogens is 1. The summed E-state index contributed by atoms with van der Waals surface area (Å²) in [5.41, 5.74) is 2.01. The number of nitrogens with one attached hydrogen (secondary N) is 2. The molecule has 0 atom stereocenters. The number of methoxy groups -OCH3 is 3. The molecular formula is C18H27IN4O3S. The van der Waals surface area contributed by atoms with E-state index in [4.69, 9.17) is 14.2 Å². The molecule has 9 heteroatoms. The van der Waals surface area contributed by atoms with Crippen LogP contribution in [-0.2, 0) is 13.1 Å². The molecule has 150 valence electrons. The predicted octanol–water partition coefficient (Wildman–Crippen LogP) is 3.27. The fourth-order valence-corrected chi connectivity index (χ4v) is 3.28. The Balaban J connectivity index is 0.00000364. The van der Waals surface area contributed by atoms with Crippen LogP contribution in [0.3, 0.4) is 0 Å². The Labute approximate surface area is 181 Å². The van der Waals surface area contributed by atoms with Gasteiger partial charge < -0.3 is 24.8 Å². The van der Waals surface area contributed by atoms with E-state index >= 15 is 0 Å². The zero-order valence-electron chi connectivity index (χ0n) is 16.5. The van der Waals surface area contributed by atoms with Gasteiger partial charge in [0.2, 0.25) is 0 Å².